The molecule has 0 bridgehead atoms. The van der Waals surface area contributed by atoms with Gasteiger partial charge in [0.1, 0.15) is 11.5 Å². The number of para-hydroxylation sites is 1. The van der Waals surface area contributed by atoms with Crippen LogP contribution in [0.15, 0.2) is 54.6 Å². The third kappa shape index (κ3) is 5.35. The molecule has 0 unspecified atom stereocenters. The molecular formula is C21H23N5O2S. The van der Waals surface area contributed by atoms with Crippen molar-refractivity contribution in [2.24, 2.45) is 0 Å². The van der Waals surface area contributed by atoms with Gasteiger partial charge in [0, 0.05) is 5.69 Å². The van der Waals surface area contributed by atoms with Crippen LogP contribution in [0.5, 0.6) is 11.5 Å². The first-order valence-electron chi connectivity index (χ1n) is 9.75. The molecule has 1 N–H and O–H groups in total. The lowest BCUT2D eigenvalue weighted by atomic mass is 10.2. The van der Waals surface area contributed by atoms with Crippen LogP contribution in [-0.2, 0) is 10.5 Å². The molecule has 1 aliphatic rings. The Balaban J connectivity index is 1.23. The van der Waals surface area contributed by atoms with Gasteiger partial charge < -0.3 is 10.1 Å². The highest BCUT2D eigenvalue weighted by Gasteiger charge is 2.21. The van der Waals surface area contributed by atoms with E-state index in [1.807, 2.05) is 59.3 Å². The zero-order valence-electron chi connectivity index (χ0n) is 16.0. The molecule has 0 saturated heterocycles. The summed E-state index contributed by atoms with van der Waals surface area (Å²) < 4.78 is 7.69. The number of benzene rings is 2. The normalized spacial score (nSPS) is 14.1. The summed E-state index contributed by atoms with van der Waals surface area (Å²) in [5, 5.41) is 15.0. The summed E-state index contributed by atoms with van der Waals surface area (Å²) in [4.78, 5) is 12.2. The lowest BCUT2D eigenvalue weighted by Gasteiger charge is -2.11. The lowest BCUT2D eigenvalue weighted by Crippen LogP contribution is -2.15. The van der Waals surface area contributed by atoms with Gasteiger partial charge in [0.15, 0.2) is 5.82 Å². The van der Waals surface area contributed by atoms with E-state index >= 15 is 0 Å². The molecule has 7 nitrogen and oxygen atoms in total. The van der Waals surface area contributed by atoms with E-state index in [0.29, 0.717) is 17.5 Å². The van der Waals surface area contributed by atoms with Crippen LogP contribution in [-0.4, -0.2) is 31.9 Å². The average Bonchev–Trinajstić information content (AvgIpc) is 3.42. The van der Waals surface area contributed by atoms with Crippen molar-refractivity contribution in [1.29, 1.82) is 0 Å². The van der Waals surface area contributed by atoms with Crippen LogP contribution in [0, 0.1) is 0 Å². The van der Waals surface area contributed by atoms with Crippen LogP contribution < -0.4 is 10.1 Å². The Morgan fingerprint density at radius 2 is 1.79 bits per heavy atom. The molecule has 0 radical (unpaired) electrons. The predicted octanol–water partition coefficient (Wildman–Crippen LogP) is 4.45. The maximum atomic E-state index is 12.2. The zero-order valence-corrected chi connectivity index (χ0v) is 16.8. The predicted molar refractivity (Wildman–Crippen MR) is 113 cm³/mol. The molecule has 2 aromatic carbocycles. The van der Waals surface area contributed by atoms with E-state index in [2.05, 4.69) is 20.8 Å². The minimum absolute atomic E-state index is 0.0494. The van der Waals surface area contributed by atoms with E-state index in [9.17, 15) is 4.79 Å². The van der Waals surface area contributed by atoms with E-state index in [4.69, 9.17) is 4.74 Å². The second kappa shape index (κ2) is 9.56. The molecule has 1 aromatic heterocycles. The van der Waals surface area contributed by atoms with Crippen molar-refractivity contribution in [1.82, 2.24) is 20.2 Å². The highest BCUT2D eigenvalue weighted by molar-refractivity contribution is 7.99. The summed E-state index contributed by atoms with van der Waals surface area (Å²) in [5.41, 5.74) is 0.742. The van der Waals surface area contributed by atoms with Gasteiger partial charge in [0.05, 0.1) is 17.5 Å². The van der Waals surface area contributed by atoms with Gasteiger partial charge in [-0.15, -0.1) is 16.9 Å². The highest BCUT2D eigenvalue weighted by Crippen LogP contribution is 2.30. The maximum Gasteiger partial charge on any atom is 0.234 e. The fourth-order valence-electron chi connectivity index (χ4n) is 3.40. The average molecular weight is 410 g/mol. The van der Waals surface area contributed by atoms with Crippen molar-refractivity contribution in [3.05, 3.63) is 60.4 Å². The summed E-state index contributed by atoms with van der Waals surface area (Å²) in [5.74, 6) is 3.27. The van der Waals surface area contributed by atoms with Gasteiger partial charge >= 0.3 is 0 Å². The number of thioether (sulfide) groups is 1. The zero-order chi connectivity index (χ0) is 19.9. The topological polar surface area (TPSA) is 81.9 Å². The van der Waals surface area contributed by atoms with Gasteiger partial charge in [0.2, 0.25) is 5.91 Å². The van der Waals surface area contributed by atoms with Crippen LogP contribution in [0.3, 0.4) is 0 Å². The Labute approximate surface area is 173 Å². The molecule has 1 saturated carbocycles. The van der Waals surface area contributed by atoms with Crippen molar-refractivity contribution in [2.75, 3.05) is 11.1 Å². The molecule has 1 aliphatic carbocycles. The Bertz CT molecular complexity index is 924. The van der Waals surface area contributed by atoms with Gasteiger partial charge in [-0.25, -0.2) is 4.68 Å². The van der Waals surface area contributed by atoms with Crippen molar-refractivity contribution in [3.8, 4) is 11.5 Å². The number of hydrogen-bond acceptors (Lipinski definition) is 6. The van der Waals surface area contributed by atoms with Gasteiger partial charge in [0.25, 0.3) is 0 Å². The smallest absolute Gasteiger partial charge is 0.234 e. The molecule has 0 spiro atoms. The summed E-state index contributed by atoms with van der Waals surface area (Å²) in [6.07, 6.45) is 4.73. The van der Waals surface area contributed by atoms with E-state index in [-0.39, 0.29) is 5.91 Å². The Morgan fingerprint density at radius 1 is 1.07 bits per heavy atom. The van der Waals surface area contributed by atoms with Crippen LogP contribution in [0.4, 0.5) is 5.69 Å². The van der Waals surface area contributed by atoms with Crippen LogP contribution >= 0.6 is 11.8 Å². The minimum Gasteiger partial charge on any atom is -0.457 e. The summed E-state index contributed by atoms with van der Waals surface area (Å²) >= 11 is 1.52. The molecule has 1 fully saturated rings. The summed E-state index contributed by atoms with van der Waals surface area (Å²) in [7, 11) is 0. The van der Waals surface area contributed by atoms with E-state index in [1.165, 1.54) is 24.6 Å². The fourth-order valence-corrected chi connectivity index (χ4v) is 4.13. The number of rotatable bonds is 8. The quantitative estimate of drug-likeness (QED) is 0.592. The molecule has 0 atom stereocenters. The third-order valence-electron chi connectivity index (χ3n) is 4.81. The van der Waals surface area contributed by atoms with Crippen LogP contribution in [0.2, 0.25) is 0 Å². The molecule has 0 aliphatic heterocycles. The number of nitrogens with zero attached hydrogens (tertiary/aromatic N) is 4. The SMILES string of the molecule is O=C(CSCc1nnnn1C1CCCC1)Nc1ccc(Oc2ccccc2)cc1. The second-order valence-electron chi connectivity index (χ2n) is 6.96. The molecular weight excluding hydrogens is 386 g/mol. The third-order valence-corrected chi connectivity index (χ3v) is 5.74. The molecule has 29 heavy (non-hydrogen) atoms. The van der Waals surface area contributed by atoms with Gasteiger partial charge in [-0.2, -0.15) is 0 Å². The largest absolute Gasteiger partial charge is 0.457 e. The fraction of sp³-hybridized carbons (Fsp3) is 0.333. The standard InChI is InChI=1S/C21H23N5O2S/c27-21(15-29-14-20-23-24-25-26(20)17-6-4-5-7-17)22-16-10-12-19(13-11-16)28-18-8-2-1-3-9-18/h1-3,8-13,17H,4-7,14-15H2,(H,22,27). The number of nitrogens with one attached hydrogen (secondary N) is 1. The minimum atomic E-state index is -0.0494. The molecule has 150 valence electrons. The number of hydrogen-bond donors (Lipinski definition) is 1. The van der Waals surface area contributed by atoms with Crippen LogP contribution in [0.1, 0.15) is 37.5 Å². The molecule has 4 rings (SSSR count). The number of anilines is 1. The van der Waals surface area contributed by atoms with Gasteiger partial charge in [-0.05, 0) is 59.7 Å². The monoisotopic (exact) mass is 409 g/mol. The first kappa shape index (κ1) is 19.4. The highest BCUT2D eigenvalue weighted by atomic mass is 32.2. The van der Waals surface area contributed by atoms with Crippen LogP contribution in [0.25, 0.3) is 0 Å². The first-order valence-corrected chi connectivity index (χ1v) is 10.9. The second-order valence-corrected chi connectivity index (χ2v) is 7.94. The Kier molecular flexibility index (Phi) is 6.41. The number of carbonyl (C=O) groups is 1. The maximum absolute atomic E-state index is 12.2. The number of tetrazole rings is 1. The van der Waals surface area contributed by atoms with Crippen molar-refractivity contribution in [2.45, 2.75) is 37.5 Å². The van der Waals surface area contributed by atoms with Gasteiger partial charge in [-0.1, -0.05) is 31.0 Å². The van der Waals surface area contributed by atoms with E-state index < -0.39 is 0 Å². The molecule has 1 heterocycles. The lowest BCUT2D eigenvalue weighted by molar-refractivity contribution is -0.113. The summed E-state index contributed by atoms with van der Waals surface area (Å²) in [6.45, 7) is 0. The first-order chi connectivity index (χ1) is 14.3. The molecule has 1 amide bonds. The van der Waals surface area contributed by atoms with Crippen molar-refractivity contribution < 1.29 is 9.53 Å². The molecule has 3 aromatic rings. The van der Waals surface area contributed by atoms with Crippen molar-refractivity contribution in [3.63, 3.8) is 0 Å². The van der Waals surface area contributed by atoms with E-state index in [0.717, 1.165) is 35.9 Å². The number of aromatic nitrogens is 4. The summed E-state index contributed by atoms with van der Waals surface area (Å²) in [6, 6.07) is 17.3. The van der Waals surface area contributed by atoms with E-state index in [1.54, 1.807) is 0 Å². The molecule has 8 heteroatoms. The number of amides is 1. The Hall–Kier alpha value is -2.87. The van der Waals surface area contributed by atoms with Crippen molar-refractivity contribution >= 4 is 23.4 Å². The Morgan fingerprint density at radius 3 is 2.55 bits per heavy atom. The number of carbonyl (C=O) groups excluding carboxylic acids is 1. The van der Waals surface area contributed by atoms with Gasteiger partial charge in [-0.3, -0.25) is 4.79 Å². The number of ether oxygens (including phenoxy) is 1.